The van der Waals surface area contributed by atoms with Gasteiger partial charge in [0.15, 0.2) is 0 Å². The molecule has 1 aliphatic heterocycles. The Morgan fingerprint density at radius 3 is 2.44 bits per heavy atom. The van der Waals surface area contributed by atoms with Gasteiger partial charge in [-0.25, -0.2) is 9.18 Å². The molecule has 3 amide bonds. The Balaban J connectivity index is 1.81. The van der Waals surface area contributed by atoms with E-state index in [1.165, 1.54) is 6.07 Å². The number of nitrogens with one attached hydrogen (secondary N) is 1. The fourth-order valence-electron chi connectivity index (χ4n) is 3.18. The molecule has 0 bridgehead atoms. The molecule has 6 heteroatoms. The van der Waals surface area contributed by atoms with Crippen LogP contribution in [0.1, 0.15) is 37.8 Å². The van der Waals surface area contributed by atoms with Gasteiger partial charge in [0.1, 0.15) is 5.82 Å². The van der Waals surface area contributed by atoms with Gasteiger partial charge in [-0.15, -0.1) is 0 Å². The van der Waals surface area contributed by atoms with E-state index in [-0.39, 0.29) is 23.7 Å². The largest absolute Gasteiger partial charge is 0.352 e. The first-order valence-corrected chi connectivity index (χ1v) is 9.02. The Morgan fingerprint density at radius 2 is 1.88 bits per heavy atom. The molecule has 1 aromatic carbocycles. The second-order valence-corrected chi connectivity index (χ2v) is 6.52. The van der Waals surface area contributed by atoms with Crippen LogP contribution in [0.4, 0.5) is 9.18 Å². The zero-order valence-electron chi connectivity index (χ0n) is 15.3. The number of nitrogens with zero attached hydrogens (tertiary/aromatic N) is 2. The van der Waals surface area contributed by atoms with Crippen LogP contribution in [0.15, 0.2) is 18.2 Å². The number of piperidine rings is 1. The topological polar surface area (TPSA) is 52.7 Å². The van der Waals surface area contributed by atoms with Gasteiger partial charge in [-0.1, -0.05) is 12.1 Å². The van der Waals surface area contributed by atoms with Gasteiger partial charge in [0.2, 0.25) is 5.91 Å². The Kier molecular flexibility index (Phi) is 6.79. The van der Waals surface area contributed by atoms with Crippen LogP contribution >= 0.6 is 0 Å². The number of carbonyl (C=O) groups is 2. The summed E-state index contributed by atoms with van der Waals surface area (Å²) >= 11 is 0. The van der Waals surface area contributed by atoms with Crippen molar-refractivity contribution in [2.75, 3.05) is 26.2 Å². The number of hydrogen-bond donors (Lipinski definition) is 1. The maximum absolute atomic E-state index is 13.3. The van der Waals surface area contributed by atoms with Crippen LogP contribution in [-0.4, -0.2) is 47.9 Å². The summed E-state index contributed by atoms with van der Waals surface area (Å²) in [6, 6.07) is 4.92. The fraction of sp³-hybridized carbons (Fsp3) is 0.579. The molecule has 0 atom stereocenters. The van der Waals surface area contributed by atoms with Crippen LogP contribution in [-0.2, 0) is 11.3 Å². The van der Waals surface area contributed by atoms with Gasteiger partial charge in [0.05, 0.1) is 0 Å². The number of aryl methyl sites for hydroxylation is 1. The zero-order chi connectivity index (χ0) is 18.4. The van der Waals surface area contributed by atoms with E-state index >= 15 is 0 Å². The molecule has 0 saturated carbocycles. The minimum Gasteiger partial charge on any atom is -0.352 e. The van der Waals surface area contributed by atoms with Gasteiger partial charge in [-0.05, 0) is 50.8 Å². The molecule has 0 aliphatic carbocycles. The monoisotopic (exact) mass is 349 g/mol. The Morgan fingerprint density at radius 1 is 1.24 bits per heavy atom. The third-order valence-electron chi connectivity index (χ3n) is 4.86. The van der Waals surface area contributed by atoms with E-state index < -0.39 is 0 Å². The first kappa shape index (κ1) is 19.2. The van der Waals surface area contributed by atoms with Gasteiger partial charge in [-0.3, -0.25) is 4.79 Å². The number of rotatable bonds is 5. The highest BCUT2D eigenvalue weighted by Crippen LogP contribution is 2.19. The van der Waals surface area contributed by atoms with E-state index in [9.17, 15) is 14.0 Å². The molecule has 1 heterocycles. The van der Waals surface area contributed by atoms with Crippen LogP contribution in [0.5, 0.6) is 0 Å². The summed E-state index contributed by atoms with van der Waals surface area (Å²) in [5.41, 5.74) is 1.47. The van der Waals surface area contributed by atoms with Crippen LogP contribution in [0.2, 0.25) is 0 Å². The van der Waals surface area contributed by atoms with Crippen LogP contribution in [0.25, 0.3) is 0 Å². The molecule has 1 saturated heterocycles. The number of likely N-dealkylation sites (tertiary alicyclic amines) is 1. The summed E-state index contributed by atoms with van der Waals surface area (Å²) in [6.07, 6.45) is 1.36. The van der Waals surface area contributed by atoms with Crippen LogP contribution < -0.4 is 5.32 Å². The highest BCUT2D eigenvalue weighted by atomic mass is 19.1. The molecule has 0 radical (unpaired) electrons. The van der Waals surface area contributed by atoms with Gasteiger partial charge in [0, 0.05) is 38.6 Å². The lowest BCUT2D eigenvalue weighted by Gasteiger charge is -2.34. The molecule has 138 valence electrons. The molecule has 25 heavy (non-hydrogen) atoms. The van der Waals surface area contributed by atoms with Crippen LogP contribution in [0, 0.1) is 18.7 Å². The van der Waals surface area contributed by atoms with E-state index in [4.69, 9.17) is 0 Å². The van der Waals surface area contributed by atoms with Gasteiger partial charge in [0.25, 0.3) is 0 Å². The Hall–Kier alpha value is -2.11. The number of urea groups is 1. The first-order valence-electron chi connectivity index (χ1n) is 9.02. The highest BCUT2D eigenvalue weighted by molar-refractivity contribution is 5.79. The van der Waals surface area contributed by atoms with Crippen molar-refractivity contribution in [2.24, 2.45) is 5.92 Å². The standard InChI is InChI=1S/C19H28FN3O2/c1-4-22(5-2)19(25)23-10-8-16(9-11-23)18(24)21-13-15-6-7-17(20)14(3)12-15/h6-7,12,16H,4-5,8-11,13H2,1-3H3,(H,21,24). The van der Waals surface area contributed by atoms with Crippen molar-refractivity contribution in [3.63, 3.8) is 0 Å². The second-order valence-electron chi connectivity index (χ2n) is 6.52. The Labute approximate surface area is 149 Å². The Bertz CT molecular complexity index is 609. The minimum atomic E-state index is -0.236. The third kappa shape index (κ3) is 4.94. The number of benzene rings is 1. The number of hydrogen-bond acceptors (Lipinski definition) is 2. The number of amides is 3. The zero-order valence-corrected chi connectivity index (χ0v) is 15.3. The quantitative estimate of drug-likeness (QED) is 0.889. The van der Waals surface area contributed by atoms with E-state index in [0.29, 0.717) is 51.1 Å². The minimum absolute atomic E-state index is 0.0110. The molecule has 1 aromatic rings. The predicted molar refractivity (Wildman–Crippen MR) is 95.6 cm³/mol. The normalized spacial score (nSPS) is 15.1. The van der Waals surface area contributed by atoms with E-state index in [0.717, 1.165) is 5.56 Å². The summed E-state index contributed by atoms with van der Waals surface area (Å²) in [5.74, 6) is -0.292. The lowest BCUT2D eigenvalue weighted by Crippen LogP contribution is -2.48. The molecule has 1 aliphatic rings. The average molecular weight is 349 g/mol. The SMILES string of the molecule is CCN(CC)C(=O)N1CCC(C(=O)NCc2ccc(F)c(C)c2)CC1. The lowest BCUT2D eigenvalue weighted by atomic mass is 9.96. The highest BCUT2D eigenvalue weighted by Gasteiger charge is 2.28. The van der Waals surface area contributed by atoms with E-state index in [2.05, 4.69) is 5.32 Å². The van der Waals surface area contributed by atoms with Crippen molar-refractivity contribution in [3.8, 4) is 0 Å². The smallest absolute Gasteiger partial charge is 0.319 e. The molecule has 2 rings (SSSR count). The first-order chi connectivity index (χ1) is 12.0. The predicted octanol–water partition coefficient (Wildman–Crippen LogP) is 2.92. The van der Waals surface area contributed by atoms with Crippen molar-refractivity contribution in [2.45, 2.75) is 40.2 Å². The number of halogens is 1. The van der Waals surface area contributed by atoms with Gasteiger partial charge in [-0.2, -0.15) is 0 Å². The van der Waals surface area contributed by atoms with E-state index in [1.54, 1.807) is 24.0 Å². The van der Waals surface area contributed by atoms with Crippen molar-refractivity contribution in [3.05, 3.63) is 35.1 Å². The summed E-state index contributed by atoms with van der Waals surface area (Å²) < 4.78 is 13.3. The summed E-state index contributed by atoms with van der Waals surface area (Å²) in [7, 11) is 0. The molecular weight excluding hydrogens is 321 g/mol. The van der Waals surface area contributed by atoms with Gasteiger partial charge >= 0.3 is 6.03 Å². The van der Waals surface area contributed by atoms with Crippen LogP contribution in [0.3, 0.4) is 0 Å². The maximum atomic E-state index is 13.3. The second kappa shape index (κ2) is 8.83. The third-order valence-corrected chi connectivity index (χ3v) is 4.86. The summed E-state index contributed by atoms with van der Waals surface area (Å²) in [6.45, 7) is 8.69. The van der Waals surface area contributed by atoms with Gasteiger partial charge < -0.3 is 15.1 Å². The molecule has 1 N–H and O–H groups in total. The van der Waals surface area contributed by atoms with Crippen molar-refractivity contribution < 1.29 is 14.0 Å². The fourth-order valence-corrected chi connectivity index (χ4v) is 3.18. The average Bonchev–Trinajstić information content (AvgIpc) is 2.63. The molecular formula is C19H28FN3O2. The number of carbonyl (C=O) groups excluding carboxylic acids is 2. The maximum Gasteiger partial charge on any atom is 0.319 e. The molecule has 5 nitrogen and oxygen atoms in total. The van der Waals surface area contributed by atoms with Crippen molar-refractivity contribution in [1.29, 1.82) is 0 Å². The lowest BCUT2D eigenvalue weighted by molar-refractivity contribution is -0.126. The molecule has 0 spiro atoms. The molecule has 0 aromatic heterocycles. The molecule has 0 unspecified atom stereocenters. The van der Waals surface area contributed by atoms with E-state index in [1.807, 2.05) is 18.7 Å². The summed E-state index contributed by atoms with van der Waals surface area (Å²) in [4.78, 5) is 28.3. The van der Waals surface area contributed by atoms with Crippen molar-refractivity contribution >= 4 is 11.9 Å². The summed E-state index contributed by atoms with van der Waals surface area (Å²) in [5, 5.41) is 2.93. The van der Waals surface area contributed by atoms with Crippen molar-refractivity contribution in [1.82, 2.24) is 15.1 Å². The molecule has 1 fully saturated rings.